The van der Waals surface area contributed by atoms with Crippen LogP contribution in [0.5, 0.6) is 5.75 Å². The summed E-state index contributed by atoms with van der Waals surface area (Å²) in [6, 6.07) is 4.99. The normalized spacial score (nSPS) is 22.5. The molecule has 26 heavy (non-hydrogen) atoms. The van der Waals surface area contributed by atoms with Gasteiger partial charge in [-0.05, 0) is 56.2 Å². The first-order valence-electron chi connectivity index (χ1n) is 9.17. The fourth-order valence-corrected chi connectivity index (χ4v) is 3.21. The van der Waals surface area contributed by atoms with E-state index in [-0.39, 0.29) is 5.91 Å². The highest BCUT2D eigenvalue weighted by Gasteiger charge is 2.41. The van der Waals surface area contributed by atoms with Gasteiger partial charge >= 0.3 is 5.97 Å². The highest BCUT2D eigenvalue weighted by atomic mass is 16.5. The predicted molar refractivity (Wildman–Crippen MR) is 99.6 cm³/mol. The van der Waals surface area contributed by atoms with Crippen molar-refractivity contribution in [3.63, 3.8) is 0 Å². The summed E-state index contributed by atoms with van der Waals surface area (Å²) in [6.45, 7) is 4.68. The monoisotopic (exact) mass is 363 g/mol. The lowest BCUT2D eigenvalue weighted by molar-refractivity contribution is -0.142. The van der Waals surface area contributed by atoms with Crippen molar-refractivity contribution in [1.29, 1.82) is 0 Å². The number of methoxy groups -OCH3 is 2. The van der Waals surface area contributed by atoms with Crippen molar-refractivity contribution < 1.29 is 23.8 Å². The number of rotatable bonds is 7. The molecule has 0 aliphatic heterocycles. The average molecular weight is 363 g/mol. The Morgan fingerprint density at radius 3 is 2.50 bits per heavy atom. The second-order valence-electron chi connectivity index (χ2n) is 6.89. The van der Waals surface area contributed by atoms with Gasteiger partial charge in [0.15, 0.2) is 0 Å². The molecule has 1 aliphatic rings. The lowest BCUT2D eigenvalue weighted by atomic mass is 9.79. The molecule has 0 saturated heterocycles. The average Bonchev–Trinajstić information content (AvgIpc) is 2.67. The van der Waals surface area contributed by atoms with Gasteiger partial charge in [0.1, 0.15) is 16.9 Å². The molecule has 1 aromatic rings. The third-order valence-corrected chi connectivity index (χ3v) is 4.99. The summed E-state index contributed by atoms with van der Waals surface area (Å²) in [5.41, 5.74) is 0.00626. The Morgan fingerprint density at radius 2 is 1.92 bits per heavy atom. The first-order valence-corrected chi connectivity index (χ1v) is 9.17. The van der Waals surface area contributed by atoms with E-state index in [0.717, 1.165) is 19.3 Å². The Labute approximate surface area is 155 Å². The molecule has 0 atom stereocenters. The van der Waals surface area contributed by atoms with E-state index < -0.39 is 11.6 Å². The van der Waals surface area contributed by atoms with E-state index in [1.165, 1.54) is 7.11 Å². The van der Waals surface area contributed by atoms with Crippen LogP contribution in [0.4, 0.5) is 5.69 Å². The number of carbonyl (C=O) groups excluding carboxylic acids is 2. The number of carbonyl (C=O) groups is 2. The minimum Gasteiger partial charge on any atom is -0.493 e. The molecular formula is C20H29NO5. The minimum absolute atomic E-state index is 0.176. The van der Waals surface area contributed by atoms with Gasteiger partial charge in [-0.2, -0.15) is 0 Å². The number of amides is 1. The summed E-state index contributed by atoms with van der Waals surface area (Å²) in [4.78, 5) is 24.9. The third-order valence-electron chi connectivity index (χ3n) is 4.99. The molecular weight excluding hydrogens is 334 g/mol. The van der Waals surface area contributed by atoms with Crippen LogP contribution in [0.25, 0.3) is 0 Å². The minimum atomic E-state index is -0.810. The SMILES string of the molecule is CCCOc1ccc(NC(=O)C2(OC)CCC(C)CC2)cc1C(=O)OC. The van der Waals surface area contributed by atoms with Gasteiger partial charge in [0.05, 0.1) is 13.7 Å². The van der Waals surface area contributed by atoms with Gasteiger partial charge < -0.3 is 19.5 Å². The molecule has 0 radical (unpaired) electrons. The van der Waals surface area contributed by atoms with E-state index in [1.54, 1.807) is 25.3 Å². The van der Waals surface area contributed by atoms with E-state index in [4.69, 9.17) is 14.2 Å². The topological polar surface area (TPSA) is 73.9 Å². The van der Waals surface area contributed by atoms with Crippen LogP contribution in [0.15, 0.2) is 18.2 Å². The Morgan fingerprint density at radius 1 is 1.23 bits per heavy atom. The van der Waals surface area contributed by atoms with Crippen LogP contribution in [0.3, 0.4) is 0 Å². The maximum atomic E-state index is 12.9. The van der Waals surface area contributed by atoms with E-state index in [9.17, 15) is 9.59 Å². The second-order valence-corrected chi connectivity index (χ2v) is 6.89. The molecule has 1 N–H and O–H groups in total. The second kappa shape index (κ2) is 9.03. The molecule has 0 spiro atoms. The van der Waals surface area contributed by atoms with Crippen LogP contribution in [0.2, 0.25) is 0 Å². The van der Waals surface area contributed by atoms with Crippen molar-refractivity contribution in [1.82, 2.24) is 0 Å². The molecule has 0 bridgehead atoms. The van der Waals surface area contributed by atoms with Crippen LogP contribution >= 0.6 is 0 Å². The smallest absolute Gasteiger partial charge is 0.341 e. The van der Waals surface area contributed by atoms with Crippen LogP contribution in [-0.4, -0.2) is 38.3 Å². The van der Waals surface area contributed by atoms with Gasteiger partial charge in [0.25, 0.3) is 5.91 Å². The third kappa shape index (κ3) is 4.55. The zero-order chi connectivity index (χ0) is 19.2. The molecule has 2 rings (SSSR count). The van der Waals surface area contributed by atoms with Gasteiger partial charge in [0.2, 0.25) is 0 Å². The van der Waals surface area contributed by atoms with Gasteiger partial charge in [-0.15, -0.1) is 0 Å². The van der Waals surface area contributed by atoms with Crippen LogP contribution < -0.4 is 10.1 Å². The molecule has 1 aliphatic carbocycles. The molecule has 144 valence electrons. The number of nitrogens with one attached hydrogen (secondary N) is 1. The van der Waals surface area contributed by atoms with E-state index in [0.29, 0.717) is 42.4 Å². The fourth-order valence-electron chi connectivity index (χ4n) is 3.21. The fraction of sp³-hybridized carbons (Fsp3) is 0.600. The molecule has 1 amide bonds. The number of anilines is 1. The largest absolute Gasteiger partial charge is 0.493 e. The number of benzene rings is 1. The van der Waals surface area contributed by atoms with Crippen molar-refractivity contribution in [3.05, 3.63) is 23.8 Å². The van der Waals surface area contributed by atoms with Crippen LogP contribution in [0, 0.1) is 5.92 Å². The Hall–Kier alpha value is -2.08. The lowest BCUT2D eigenvalue weighted by Crippen LogP contribution is -2.47. The van der Waals surface area contributed by atoms with Crippen LogP contribution in [-0.2, 0) is 14.3 Å². The molecule has 1 saturated carbocycles. The molecule has 0 aromatic heterocycles. The summed E-state index contributed by atoms with van der Waals surface area (Å²) in [7, 11) is 2.90. The standard InChI is InChI=1S/C20H29NO5/c1-5-12-26-17-7-6-15(13-16(17)18(22)24-3)21-19(23)20(25-4)10-8-14(2)9-11-20/h6-7,13-14H,5,8-12H2,1-4H3,(H,21,23). The van der Waals surface area contributed by atoms with Gasteiger partial charge in [0, 0.05) is 12.8 Å². The van der Waals surface area contributed by atoms with Crippen molar-refractivity contribution in [2.45, 2.75) is 51.6 Å². The summed E-state index contributed by atoms with van der Waals surface area (Å²) >= 11 is 0. The first kappa shape index (κ1) is 20.2. The van der Waals surface area contributed by atoms with Crippen LogP contribution in [0.1, 0.15) is 56.3 Å². The van der Waals surface area contributed by atoms with E-state index in [2.05, 4.69) is 12.2 Å². The molecule has 0 heterocycles. The van der Waals surface area contributed by atoms with Crippen molar-refractivity contribution in [2.75, 3.05) is 26.1 Å². The number of hydrogen-bond acceptors (Lipinski definition) is 5. The molecule has 6 nitrogen and oxygen atoms in total. The highest BCUT2D eigenvalue weighted by Crippen LogP contribution is 2.35. The zero-order valence-corrected chi connectivity index (χ0v) is 16.1. The predicted octanol–water partition coefficient (Wildman–Crippen LogP) is 3.80. The van der Waals surface area contributed by atoms with Crippen molar-refractivity contribution >= 4 is 17.6 Å². The summed E-state index contributed by atoms with van der Waals surface area (Å²) in [6.07, 6.45) is 4.13. The first-order chi connectivity index (χ1) is 12.5. The molecule has 0 unspecified atom stereocenters. The number of esters is 1. The van der Waals surface area contributed by atoms with E-state index >= 15 is 0 Å². The molecule has 1 fully saturated rings. The molecule has 6 heteroatoms. The maximum Gasteiger partial charge on any atom is 0.341 e. The summed E-state index contributed by atoms with van der Waals surface area (Å²) in [5, 5.41) is 2.89. The zero-order valence-electron chi connectivity index (χ0n) is 16.1. The van der Waals surface area contributed by atoms with Gasteiger partial charge in [-0.3, -0.25) is 4.79 Å². The Bertz CT molecular complexity index is 635. The van der Waals surface area contributed by atoms with Gasteiger partial charge in [-0.25, -0.2) is 4.79 Å². The Balaban J connectivity index is 2.20. The number of ether oxygens (including phenoxy) is 3. The number of hydrogen-bond donors (Lipinski definition) is 1. The quantitative estimate of drug-likeness (QED) is 0.746. The van der Waals surface area contributed by atoms with Gasteiger partial charge in [-0.1, -0.05) is 13.8 Å². The Kier molecular flexibility index (Phi) is 7.03. The summed E-state index contributed by atoms with van der Waals surface area (Å²) < 4.78 is 16.0. The molecule has 1 aromatic carbocycles. The van der Waals surface area contributed by atoms with Crippen molar-refractivity contribution in [2.24, 2.45) is 5.92 Å². The highest BCUT2D eigenvalue weighted by molar-refractivity contribution is 5.99. The maximum absolute atomic E-state index is 12.9. The lowest BCUT2D eigenvalue weighted by Gasteiger charge is -2.36. The summed E-state index contributed by atoms with van der Waals surface area (Å²) in [5.74, 6) is 0.377. The van der Waals surface area contributed by atoms with E-state index in [1.807, 2.05) is 6.92 Å². The van der Waals surface area contributed by atoms with Crippen molar-refractivity contribution in [3.8, 4) is 5.75 Å².